The molecule has 8 heteroatoms. The van der Waals surface area contributed by atoms with Crippen LogP contribution in [0.1, 0.15) is 11.7 Å². The quantitative estimate of drug-likeness (QED) is 0.751. The topological polar surface area (TPSA) is 73.1 Å². The summed E-state index contributed by atoms with van der Waals surface area (Å²) in [6.45, 7) is -2.79. The molecule has 1 aromatic heterocycles. The standard InChI is InChI=1S/C16H14F2N4O2/c17-16(18)24-13-8-6-11(7-9-13)14(23)10-22-20-15(19-21-22)12-4-2-1-3-5-12/h1-9,14,16,23H,10H2/t14-/m0/s1. The molecule has 0 radical (unpaired) electrons. The first-order valence-corrected chi connectivity index (χ1v) is 7.18. The second kappa shape index (κ2) is 7.14. The lowest BCUT2D eigenvalue weighted by molar-refractivity contribution is -0.0498. The molecule has 1 N–H and O–H groups in total. The van der Waals surface area contributed by atoms with Crippen molar-refractivity contribution < 1.29 is 18.6 Å². The average Bonchev–Trinajstić information content (AvgIpc) is 3.04. The summed E-state index contributed by atoms with van der Waals surface area (Å²) < 4.78 is 28.5. The maximum atomic E-state index is 12.1. The molecule has 24 heavy (non-hydrogen) atoms. The van der Waals surface area contributed by atoms with Crippen LogP contribution in [0.3, 0.4) is 0 Å². The van der Waals surface area contributed by atoms with E-state index in [-0.39, 0.29) is 12.3 Å². The molecule has 0 saturated carbocycles. The lowest BCUT2D eigenvalue weighted by atomic mass is 10.1. The molecular formula is C16H14F2N4O2. The van der Waals surface area contributed by atoms with Gasteiger partial charge in [0.1, 0.15) is 11.9 Å². The summed E-state index contributed by atoms with van der Waals surface area (Å²) in [5, 5.41) is 22.3. The molecule has 0 saturated heterocycles. The Kier molecular flexibility index (Phi) is 4.76. The molecule has 1 heterocycles. The van der Waals surface area contributed by atoms with E-state index in [2.05, 4.69) is 20.1 Å². The maximum absolute atomic E-state index is 12.1. The number of tetrazole rings is 1. The predicted octanol–water partition coefficient (Wildman–Crippen LogP) is 2.68. The zero-order valence-electron chi connectivity index (χ0n) is 12.5. The van der Waals surface area contributed by atoms with E-state index in [1.165, 1.54) is 29.1 Å². The molecule has 2 aromatic carbocycles. The summed E-state index contributed by atoms with van der Waals surface area (Å²) in [4.78, 5) is 1.29. The van der Waals surface area contributed by atoms with Gasteiger partial charge in [0.15, 0.2) is 0 Å². The molecule has 124 valence electrons. The highest BCUT2D eigenvalue weighted by Gasteiger charge is 2.13. The van der Waals surface area contributed by atoms with E-state index in [9.17, 15) is 13.9 Å². The highest BCUT2D eigenvalue weighted by atomic mass is 19.3. The lowest BCUT2D eigenvalue weighted by Crippen LogP contribution is -2.11. The van der Waals surface area contributed by atoms with Gasteiger partial charge in [0, 0.05) is 5.56 Å². The van der Waals surface area contributed by atoms with Crippen LogP contribution in [-0.4, -0.2) is 31.9 Å². The number of rotatable bonds is 6. The van der Waals surface area contributed by atoms with Gasteiger partial charge in [0.25, 0.3) is 0 Å². The van der Waals surface area contributed by atoms with Crippen LogP contribution in [0, 0.1) is 0 Å². The first-order valence-electron chi connectivity index (χ1n) is 7.18. The zero-order valence-corrected chi connectivity index (χ0v) is 12.5. The highest BCUT2D eigenvalue weighted by molar-refractivity contribution is 5.52. The van der Waals surface area contributed by atoms with Crippen LogP contribution >= 0.6 is 0 Å². The molecular weight excluding hydrogens is 318 g/mol. The Morgan fingerprint density at radius 1 is 1.04 bits per heavy atom. The van der Waals surface area contributed by atoms with Gasteiger partial charge in [-0.05, 0) is 22.9 Å². The van der Waals surface area contributed by atoms with Crippen LogP contribution in [-0.2, 0) is 6.54 Å². The highest BCUT2D eigenvalue weighted by Crippen LogP contribution is 2.20. The number of ether oxygens (including phenoxy) is 1. The summed E-state index contributed by atoms with van der Waals surface area (Å²) in [6, 6.07) is 15.1. The van der Waals surface area contributed by atoms with E-state index < -0.39 is 12.7 Å². The first-order chi connectivity index (χ1) is 11.6. The molecule has 0 aliphatic rings. The van der Waals surface area contributed by atoms with Crippen LogP contribution < -0.4 is 4.74 Å². The molecule has 0 fully saturated rings. The molecule has 0 amide bonds. The SMILES string of the molecule is O[C@@H](Cn1nnc(-c2ccccc2)n1)c1ccc(OC(F)F)cc1. The van der Waals surface area contributed by atoms with Gasteiger partial charge >= 0.3 is 6.61 Å². The molecule has 0 unspecified atom stereocenters. The minimum atomic E-state index is -2.88. The van der Waals surface area contributed by atoms with Gasteiger partial charge in [-0.1, -0.05) is 42.5 Å². The van der Waals surface area contributed by atoms with Crippen molar-refractivity contribution in [1.29, 1.82) is 0 Å². The zero-order chi connectivity index (χ0) is 16.9. The van der Waals surface area contributed by atoms with E-state index in [1.807, 2.05) is 30.3 Å². The van der Waals surface area contributed by atoms with E-state index in [0.717, 1.165) is 5.56 Å². The molecule has 3 aromatic rings. The third-order valence-electron chi connectivity index (χ3n) is 3.31. The van der Waals surface area contributed by atoms with Crippen molar-refractivity contribution in [3.05, 3.63) is 60.2 Å². The largest absolute Gasteiger partial charge is 0.435 e. The van der Waals surface area contributed by atoms with Gasteiger partial charge in [-0.2, -0.15) is 13.6 Å². The number of aliphatic hydroxyl groups excluding tert-OH is 1. The summed E-state index contributed by atoms with van der Waals surface area (Å²) >= 11 is 0. The van der Waals surface area contributed by atoms with Gasteiger partial charge in [-0.25, -0.2) is 0 Å². The Balaban J connectivity index is 1.66. The predicted molar refractivity (Wildman–Crippen MR) is 81.3 cm³/mol. The summed E-state index contributed by atoms with van der Waals surface area (Å²) in [6.07, 6.45) is -0.900. The number of nitrogens with zero attached hydrogens (tertiary/aromatic N) is 4. The normalized spacial score (nSPS) is 12.3. The van der Waals surface area contributed by atoms with Crippen LogP contribution in [0.2, 0.25) is 0 Å². The van der Waals surface area contributed by atoms with Crippen LogP contribution in [0.25, 0.3) is 11.4 Å². The van der Waals surface area contributed by atoms with Crippen molar-refractivity contribution >= 4 is 0 Å². The Morgan fingerprint density at radius 3 is 2.42 bits per heavy atom. The number of hydrogen-bond acceptors (Lipinski definition) is 5. The van der Waals surface area contributed by atoms with Crippen LogP contribution in [0.4, 0.5) is 8.78 Å². The molecule has 0 aliphatic heterocycles. The molecule has 6 nitrogen and oxygen atoms in total. The molecule has 3 rings (SSSR count). The summed E-state index contributed by atoms with van der Waals surface area (Å²) in [5.74, 6) is 0.495. The van der Waals surface area contributed by atoms with Crippen LogP contribution in [0.5, 0.6) is 5.75 Å². The summed E-state index contributed by atoms with van der Waals surface area (Å²) in [5.41, 5.74) is 1.36. The molecule has 0 bridgehead atoms. The van der Waals surface area contributed by atoms with E-state index in [0.29, 0.717) is 11.4 Å². The van der Waals surface area contributed by atoms with E-state index in [1.54, 1.807) is 0 Å². The van der Waals surface area contributed by atoms with Gasteiger partial charge in [0.05, 0.1) is 6.54 Å². The van der Waals surface area contributed by atoms with Crippen molar-refractivity contribution in [3.8, 4) is 17.1 Å². The Morgan fingerprint density at radius 2 is 1.75 bits per heavy atom. The lowest BCUT2D eigenvalue weighted by Gasteiger charge is -2.11. The number of hydrogen-bond donors (Lipinski definition) is 1. The molecule has 1 atom stereocenters. The van der Waals surface area contributed by atoms with Crippen molar-refractivity contribution in [2.24, 2.45) is 0 Å². The maximum Gasteiger partial charge on any atom is 0.387 e. The van der Waals surface area contributed by atoms with Crippen molar-refractivity contribution in [1.82, 2.24) is 20.2 Å². The number of alkyl halides is 2. The number of aliphatic hydroxyl groups is 1. The number of halogens is 2. The average molecular weight is 332 g/mol. The first kappa shape index (κ1) is 16.0. The Labute approximate surface area is 136 Å². The Hall–Kier alpha value is -2.87. The third kappa shape index (κ3) is 3.90. The van der Waals surface area contributed by atoms with E-state index in [4.69, 9.17) is 0 Å². The number of aromatic nitrogens is 4. The van der Waals surface area contributed by atoms with Gasteiger partial charge < -0.3 is 9.84 Å². The monoisotopic (exact) mass is 332 g/mol. The minimum Gasteiger partial charge on any atom is -0.435 e. The van der Waals surface area contributed by atoms with Crippen molar-refractivity contribution in [2.75, 3.05) is 0 Å². The Bertz CT molecular complexity index is 778. The fraction of sp³-hybridized carbons (Fsp3) is 0.188. The molecule has 0 spiro atoms. The fourth-order valence-electron chi connectivity index (χ4n) is 2.15. The van der Waals surface area contributed by atoms with E-state index >= 15 is 0 Å². The fourth-order valence-corrected chi connectivity index (χ4v) is 2.15. The second-order valence-electron chi connectivity index (χ2n) is 5.00. The van der Waals surface area contributed by atoms with Crippen molar-refractivity contribution in [3.63, 3.8) is 0 Å². The van der Waals surface area contributed by atoms with Crippen molar-refractivity contribution in [2.45, 2.75) is 19.3 Å². The smallest absolute Gasteiger partial charge is 0.387 e. The van der Waals surface area contributed by atoms with Gasteiger partial charge in [-0.15, -0.1) is 10.2 Å². The second-order valence-corrected chi connectivity index (χ2v) is 5.00. The molecule has 0 aliphatic carbocycles. The number of benzene rings is 2. The van der Waals surface area contributed by atoms with Crippen LogP contribution in [0.15, 0.2) is 54.6 Å². The van der Waals surface area contributed by atoms with Gasteiger partial charge in [-0.3, -0.25) is 0 Å². The summed E-state index contributed by atoms with van der Waals surface area (Å²) in [7, 11) is 0. The minimum absolute atomic E-state index is 0.0335. The van der Waals surface area contributed by atoms with Gasteiger partial charge in [0.2, 0.25) is 5.82 Å². The third-order valence-corrected chi connectivity index (χ3v) is 3.31.